The highest BCUT2D eigenvalue weighted by molar-refractivity contribution is 5.99. The number of nitrogens with zero attached hydrogens (tertiary/aromatic N) is 2. The van der Waals surface area contributed by atoms with Crippen molar-refractivity contribution in [3.05, 3.63) is 65.2 Å². The minimum absolute atomic E-state index is 0.0485. The molecule has 2 unspecified atom stereocenters. The van der Waals surface area contributed by atoms with Gasteiger partial charge in [-0.2, -0.15) is 0 Å². The Kier molecular flexibility index (Phi) is 6.58. The zero-order chi connectivity index (χ0) is 22.7. The number of nitrogens with one attached hydrogen (secondary N) is 1. The maximum absolute atomic E-state index is 13.4. The summed E-state index contributed by atoms with van der Waals surface area (Å²) in [6.07, 6.45) is 4.33. The fourth-order valence-corrected chi connectivity index (χ4v) is 4.85. The predicted octanol–water partition coefficient (Wildman–Crippen LogP) is 3.40. The van der Waals surface area contributed by atoms with Crippen LogP contribution < -0.4 is 10.2 Å². The number of hydrogen-bond acceptors (Lipinski definition) is 3. The van der Waals surface area contributed by atoms with Crippen molar-refractivity contribution in [2.75, 3.05) is 25.5 Å². The first-order valence-corrected chi connectivity index (χ1v) is 11.4. The maximum atomic E-state index is 13.4. The van der Waals surface area contributed by atoms with Crippen molar-refractivity contribution in [1.82, 2.24) is 10.2 Å². The first kappa shape index (κ1) is 22.1. The summed E-state index contributed by atoms with van der Waals surface area (Å²) >= 11 is 0. The molecule has 0 bridgehead atoms. The van der Waals surface area contributed by atoms with E-state index in [0.29, 0.717) is 18.7 Å². The Hall–Kier alpha value is -3.15. The molecule has 1 heterocycles. The van der Waals surface area contributed by atoms with Gasteiger partial charge >= 0.3 is 0 Å². The normalized spacial score (nSPS) is 19.9. The second kappa shape index (κ2) is 9.55. The summed E-state index contributed by atoms with van der Waals surface area (Å²) in [6, 6.07) is 15.3. The van der Waals surface area contributed by atoms with Crippen molar-refractivity contribution < 1.29 is 14.4 Å². The smallest absolute Gasteiger partial charge is 0.253 e. The number of amides is 3. The lowest BCUT2D eigenvalue weighted by Gasteiger charge is -2.32. The molecule has 2 aromatic carbocycles. The van der Waals surface area contributed by atoms with Crippen molar-refractivity contribution in [3.8, 4) is 0 Å². The SMILES string of the molecule is CN(C)C(=O)c1ccc(CNC(=O)C2CCCCC2C(=O)N2CCc3ccccc32)cc1. The average Bonchev–Trinajstić information content (AvgIpc) is 3.26. The van der Waals surface area contributed by atoms with Gasteiger partial charge in [-0.3, -0.25) is 14.4 Å². The van der Waals surface area contributed by atoms with E-state index in [4.69, 9.17) is 0 Å². The fourth-order valence-electron chi connectivity index (χ4n) is 4.85. The third-order valence-corrected chi connectivity index (χ3v) is 6.65. The van der Waals surface area contributed by atoms with Crippen LogP contribution in [-0.2, 0) is 22.6 Å². The highest BCUT2D eigenvalue weighted by Crippen LogP contribution is 2.36. The number of hydrogen-bond donors (Lipinski definition) is 1. The number of benzene rings is 2. The van der Waals surface area contributed by atoms with Crippen LogP contribution in [0, 0.1) is 11.8 Å². The summed E-state index contributed by atoms with van der Waals surface area (Å²) in [4.78, 5) is 41.9. The molecule has 168 valence electrons. The van der Waals surface area contributed by atoms with Gasteiger partial charge in [-0.25, -0.2) is 0 Å². The summed E-state index contributed by atoms with van der Waals surface area (Å²) in [7, 11) is 3.44. The van der Waals surface area contributed by atoms with Gasteiger partial charge in [0.15, 0.2) is 0 Å². The van der Waals surface area contributed by atoms with Gasteiger partial charge in [-0.1, -0.05) is 43.2 Å². The van der Waals surface area contributed by atoms with Gasteiger partial charge in [-0.05, 0) is 48.6 Å². The molecule has 1 N–H and O–H groups in total. The Morgan fingerprint density at radius 2 is 1.66 bits per heavy atom. The minimum atomic E-state index is -0.293. The number of carbonyl (C=O) groups excluding carboxylic acids is 3. The minimum Gasteiger partial charge on any atom is -0.352 e. The van der Waals surface area contributed by atoms with E-state index in [-0.39, 0.29) is 29.6 Å². The second-order valence-electron chi connectivity index (χ2n) is 8.98. The van der Waals surface area contributed by atoms with E-state index in [0.717, 1.165) is 43.4 Å². The lowest BCUT2D eigenvalue weighted by molar-refractivity contribution is -0.135. The summed E-state index contributed by atoms with van der Waals surface area (Å²) in [5, 5.41) is 3.03. The van der Waals surface area contributed by atoms with E-state index in [1.165, 1.54) is 10.5 Å². The standard InChI is InChI=1S/C26H31N3O3/c1-28(2)25(31)20-13-11-18(12-14-20)17-27-24(30)21-8-4-5-9-22(21)26(32)29-16-15-19-7-3-6-10-23(19)29/h3,6-7,10-14,21-22H,4-5,8-9,15-17H2,1-2H3,(H,27,30). The molecule has 1 aliphatic carbocycles. The molecule has 1 saturated carbocycles. The van der Waals surface area contributed by atoms with Crippen LogP contribution in [0.5, 0.6) is 0 Å². The van der Waals surface area contributed by atoms with E-state index < -0.39 is 0 Å². The second-order valence-corrected chi connectivity index (χ2v) is 8.98. The van der Waals surface area contributed by atoms with Gasteiger partial charge in [0, 0.05) is 44.4 Å². The average molecular weight is 434 g/mol. The van der Waals surface area contributed by atoms with Crippen LogP contribution in [0.2, 0.25) is 0 Å². The summed E-state index contributed by atoms with van der Waals surface area (Å²) in [5.74, 6) is -0.577. The Morgan fingerprint density at radius 3 is 2.38 bits per heavy atom. The quantitative estimate of drug-likeness (QED) is 0.786. The monoisotopic (exact) mass is 433 g/mol. The van der Waals surface area contributed by atoms with Crippen LogP contribution in [0.3, 0.4) is 0 Å². The molecule has 1 fully saturated rings. The van der Waals surface area contributed by atoms with Crippen molar-refractivity contribution in [1.29, 1.82) is 0 Å². The topological polar surface area (TPSA) is 69.7 Å². The van der Waals surface area contributed by atoms with Crippen LogP contribution in [0.25, 0.3) is 0 Å². The first-order valence-electron chi connectivity index (χ1n) is 11.4. The van der Waals surface area contributed by atoms with E-state index in [1.54, 1.807) is 26.2 Å². The van der Waals surface area contributed by atoms with Crippen LogP contribution in [0.1, 0.15) is 47.2 Å². The van der Waals surface area contributed by atoms with Crippen molar-refractivity contribution >= 4 is 23.4 Å². The van der Waals surface area contributed by atoms with E-state index >= 15 is 0 Å². The number of fused-ring (bicyclic) bond motifs is 1. The van der Waals surface area contributed by atoms with Crippen molar-refractivity contribution in [3.63, 3.8) is 0 Å². The number of rotatable bonds is 5. The molecular weight excluding hydrogens is 402 g/mol. The molecule has 1 aliphatic heterocycles. The zero-order valence-corrected chi connectivity index (χ0v) is 18.8. The summed E-state index contributed by atoms with van der Waals surface area (Å²) < 4.78 is 0. The lowest BCUT2D eigenvalue weighted by Crippen LogP contribution is -2.45. The number of carbonyl (C=O) groups is 3. The molecule has 2 aromatic rings. The van der Waals surface area contributed by atoms with E-state index in [2.05, 4.69) is 11.4 Å². The van der Waals surface area contributed by atoms with Crippen LogP contribution in [-0.4, -0.2) is 43.3 Å². The molecule has 0 radical (unpaired) electrons. The highest BCUT2D eigenvalue weighted by atomic mass is 16.2. The Labute approximate surface area is 189 Å². The van der Waals surface area contributed by atoms with Gasteiger partial charge in [0.25, 0.3) is 5.91 Å². The van der Waals surface area contributed by atoms with Gasteiger partial charge in [0.1, 0.15) is 0 Å². The molecule has 0 aromatic heterocycles. The highest BCUT2D eigenvalue weighted by Gasteiger charge is 2.39. The van der Waals surface area contributed by atoms with E-state index in [9.17, 15) is 14.4 Å². The van der Waals surface area contributed by atoms with Crippen LogP contribution in [0.4, 0.5) is 5.69 Å². The predicted molar refractivity (Wildman–Crippen MR) is 124 cm³/mol. The van der Waals surface area contributed by atoms with E-state index in [1.807, 2.05) is 35.2 Å². The van der Waals surface area contributed by atoms with Gasteiger partial charge in [0.05, 0.1) is 5.92 Å². The summed E-state index contributed by atoms with van der Waals surface area (Å²) in [6.45, 7) is 1.08. The largest absolute Gasteiger partial charge is 0.352 e. The molecule has 4 rings (SSSR count). The number of para-hydroxylation sites is 1. The third kappa shape index (κ3) is 4.54. The van der Waals surface area contributed by atoms with Gasteiger partial charge in [-0.15, -0.1) is 0 Å². The Morgan fingerprint density at radius 1 is 0.969 bits per heavy atom. The third-order valence-electron chi connectivity index (χ3n) is 6.65. The van der Waals surface area contributed by atoms with Gasteiger partial charge in [0.2, 0.25) is 11.8 Å². The lowest BCUT2D eigenvalue weighted by atomic mass is 9.77. The molecule has 3 amide bonds. The molecule has 32 heavy (non-hydrogen) atoms. The molecule has 2 atom stereocenters. The Bertz CT molecular complexity index is 1000. The summed E-state index contributed by atoms with van der Waals surface area (Å²) in [5.41, 5.74) is 3.75. The molecule has 6 heteroatoms. The molecule has 0 spiro atoms. The Balaban J connectivity index is 1.40. The van der Waals surface area contributed by atoms with Crippen LogP contribution >= 0.6 is 0 Å². The van der Waals surface area contributed by atoms with Crippen molar-refractivity contribution in [2.24, 2.45) is 11.8 Å². The maximum Gasteiger partial charge on any atom is 0.253 e. The van der Waals surface area contributed by atoms with Gasteiger partial charge < -0.3 is 15.1 Å². The fraction of sp³-hybridized carbons (Fsp3) is 0.423. The zero-order valence-electron chi connectivity index (χ0n) is 18.8. The molecular formula is C26H31N3O3. The molecule has 6 nitrogen and oxygen atoms in total. The molecule has 2 aliphatic rings. The number of anilines is 1. The van der Waals surface area contributed by atoms with Crippen molar-refractivity contribution in [2.45, 2.75) is 38.6 Å². The van der Waals surface area contributed by atoms with Crippen LogP contribution in [0.15, 0.2) is 48.5 Å². The first-order chi connectivity index (χ1) is 15.5. The molecule has 0 saturated heterocycles.